The summed E-state index contributed by atoms with van der Waals surface area (Å²) in [6.07, 6.45) is 0.276. The molecule has 6 N–H and O–H groups in total. The first kappa shape index (κ1) is 15.4. The molecule has 0 saturated heterocycles. The summed E-state index contributed by atoms with van der Waals surface area (Å²) in [5, 5.41) is 9.99. The van der Waals surface area contributed by atoms with Crippen LogP contribution in [0.25, 0.3) is 0 Å². The van der Waals surface area contributed by atoms with E-state index >= 15 is 0 Å². The molecule has 0 fully saturated rings. The fourth-order valence-electron chi connectivity index (χ4n) is 1.37. The largest absolute Gasteiger partial charge is 0.338 e. The Morgan fingerprint density at radius 2 is 1.84 bits per heavy atom. The molecular weight excluding hydrogens is 268 g/mol. The molecule has 19 heavy (non-hydrogen) atoms. The van der Waals surface area contributed by atoms with Crippen molar-refractivity contribution in [3.05, 3.63) is 29.8 Å². The SMILES string of the molecule is NCc1ccc(NC(=O)NCCCS(N)(=O)=O)cc1. The number of primary sulfonamides is 1. The summed E-state index contributed by atoms with van der Waals surface area (Å²) in [5.74, 6) is -0.154. The van der Waals surface area contributed by atoms with Crippen LogP contribution in [-0.4, -0.2) is 26.7 Å². The molecule has 0 atom stereocenters. The summed E-state index contributed by atoms with van der Waals surface area (Å²) in [4.78, 5) is 11.5. The second-order valence-corrected chi connectivity index (χ2v) is 5.74. The highest BCUT2D eigenvalue weighted by molar-refractivity contribution is 7.89. The van der Waals surface area contributed by atoms with Crippen LogP contribution in [0.1, 0.15) is 12.0 Å². The lowest BCUT2D eigenvalue weighted by atomic mass is 10.2. The van der Waals surface area contributed by atoms with Crippen LogP contribution >= 0.6 is 0 Å². The summed E-state index contributed by atoms with van der Waals surface area (Å²) in [6, 6.07) is 6.72. The maximum atomic E-state index is 11.5. The predicted octanol–water partition coefficient (Wildman–Crippen LogP) is -0.0546. The molecule has 0 radical (unpaired) electrons. The number of carbonyl (C=O) groups excluding carboxylic acids is 1. The van der Waals surface area contributed by atoms with Crippen molar-refractivity contribution >= 4 is 21.7 Å². The number of benzene rings is 1. The fourth-order valence-corrected chi connectivity index (χ4v) is 1.92. The van der Waals surface area contributed by atoms with Crippen LogP contribution in [0.4, 0.5) is 10.5 Å². The van der Waals surface area contributed by atoms with Crippen molar-refractivity contribution in [3.63, 3.8) is 0 Å². The zero-order valence-corrected chi connectivity index (χ0v) is 11.2. The number of hydrogen-bond acceptors (Lipinski definition) is 4. The van der Waals surface area contributed by atoms with Gasteiger partial charge in [-0.15, -0.1) is 0 Å². The quantitative estimate of drug-likeness (QED) is 0.546. The Labute approximate surface area is 112 Å². The number of carbonyl (C=O) groups is 1. The highest BCUT2D eigenvalue weighted by Crippen LogP contribution is 2.08. The third-order valence-electron chi connectivity index (χ3n) is 2.34. The van der Waals surface area contributed by atoms with Crippen LogP contribution in [0, 0.1) is 0 Å². The molecule has 0 heterocycles. The van der Waals surface area contributed by atoms with Crippen LogP contribution in [-0.2, 0) is 16.6 Å². The number of hydrogen-bond donors (Lipinski definition) is 4. The van der Waals surface area contributed by atoms with Gasteiger partial charge in [-0.3, -0.25) is 0 Å². The Bertz CT molecular complexity index is 513. The second-order valence-electron chi connectivity index (χ2n) is 4.00. The van der Waals surface area contributed by atoms with E-state index in [4.69, 9.17) is 10.9 Å². The van der Waals surface area contributed by atoms with Crippen molar-refractivity contribution in [1.29, 1.82) is 0 Å². The van der Waals surface area contributed by atoms with Gasteiger partial charge < -0.3 is 16.4 Å². The maximum Gasteiger partial charge on any atom is 0.319 e. The molecule has 0 aromatic heterocycles. The number of nitrogens with two attached hydrogens (primary N) is 2. The number of sulfonamides is 1. The summed E-state index contributed by atoms with van der Waals surface area (Å²) in [6.45, 7) is 0.684. The van der Waals surface area contributed by atoms with Gasteiger partial charge >= 0.3 is 6.03 Å². The molecule has 1 aromatic carbocycles. The molecule has 0 saturated carbocycles. The minimum absolute atomic E-state index is 0.154. The molecule has 106 valence electrons. The molecule has 1 rings (SSSR count). The molecule has 0 bridgehead atoms. The zero-order valence-electron chi connectivity index (χ0n) is 10.4. The Morgan fingerprint density at radius 1 is 1.21 bits per heavy atom. The topological polar surface area (TPSA) is 127 Å². The highest BCUT2D eigenvalue weighted by Gasteiger charge is 2.04. The van der Waals surface area contributed by atoms with Crippen LogP contribution < -0.4 is 21.5 Å². The molecule has 1 aromatic rings. The van der Waals surface area contributed by atoms with Gasteiger partial charge in [0.25, 0.3) is 0 Å². The number of nitrogens with one attached hydrogen (secondary N) is 2. The standard InChI is InChI=1S/C11H18N4O3S/c12-8-9-2-4-10(5-3-9)15-11(16)14-6-1-7-19(13,17)18/h2-5H,1,6-8,12H2,(H2,13,17,18)(H2,14,15,16). The van der Waals surface area contributed by atoms with Crippen LogP contribution in [0.3, 0.4) is 0 Å². The minimum Gasteiger partial charge on any atom is -0.338 e. The molecule has 7 nitrogen and oxygen atoms in total. The summed E-state index contributed by atoms with van der Waals surface area (Å²) in [7, 11) is -3.47. The van der Waals surface area contributed by atoms with E-state index in [2.05, 4.69) is 10.6 Å². The maximum absolute atomic E-state index is 11.5. The van der Waals surface area contributed by atoms with E-state index in [0.29, 0.717) is 12.2 Å². The van der Waals surface area contributed by atoms with Gasteiger partial charge in [0.05, 0.1) is 5.75 Å². The predicted molar refractivity (Wildman–Crippen MR) is 73.9 cm³/mol. The van der Waals surface area contributed by atoms with Crippen LogP contribution in [0.5, 0.6) is 0 Å². The lowest BCUT2D eigenvalue weighted by molar-refractivity contribution is 0.252. The summed E-state index contributed by atoms with van der Waals surface area (Å²) in [5.41, 5.74) is 7.07. The number of rotatable bonds is 6. The van der Waals surface area contributed by atoms with E-state index in [1.165, 1.54) is 0 Å². The monoisotopic (exact) mass is 286 g/mol. The van der Waals surface area contributed by atoms with E-state index in [0.717, 1.165) is 5.56 Å². The molecule has 0 aliphatic carbocycles. The Hall–Kier alpha value is -1.64. The van der Waals surface area contributed by atoms with E-state index < -0.39 is 16.1 Å². The van der Waals surface area contributed by atoms with Crippen LogP contribution in [0.2, 0.25) is 0 Å². The van der Waals surface area contributed by atoms with Crippen molar-refractivity contribution in [3.8, 4) is 0 Å². The highest BCUT2D eigenvalue weighted by atomic mass is 32.2. The molecule has 0 aliphatic rings. The summed E-state index contributed by atoms with van der Waals surface area (Å²) >= 11 is 0. The Kier molecular flexibility index (Phi) is 5.74. The first-order valence-corrected chi connectivity index (χ1v) is 7.46. The average Bonchev–Trinajstić information content (AvgIpc) is 2.34. The third-order valence-corrected chi connectivity index (χ3v) is 3.20. The smallest absolute Gasteiger partial charge is 0.319 e. The molecule has 8 heteroatoms. The third kappa shape index (κ3) is 6.75. The van der Waals surface area contributed by atoms with Gasteiger partial charge in [-0.25, -0.2) is 18.4 Å². The zero-order chi connectivity index (χ0) is 14.3. The Morgan fingerprint density at radius 3 is 2.37 bits per heavy atom. The molecule has 0 aliphatic heterocycles. The van der Waals surface area contributed by atoms with Gasteiger partial charge in [0.1, 0.15) is 0 Å². The lowest BCUT2D eigenvalue weighted by Crippen LogP contribution is -2.31. The second kappa shape index (κ2) is 7.07. The minimum atomic E-state index is -3.47. The normalized spacial score (nSPS) is 11.1. The first-order valence-electron chi connectivity index (χ1n) is 5.75. The average molecular weight is 286 g/mol. The number of urea groups is 1. The van der Waals surface area contributed by atoms with Gasteiger partial charge in [0.2, 0.25) is 10.0 Å². The van der Waals surface area contributed by atoms with Gasteiger partial charge in [-0.1, -0.05) is 12.1 Å². The van der Waals surface area contributed by atoms with Crippen molar-refractivity contribution in [1.82, 2.24) is 5.32 Å². The van der Waals surface area contributed by atoms with E-state index in [-0.39, 0.29) is 18.7 Å². The van der Waals surface area contributed by atoms with E-state index in [1.807, 2.05) is 12.1 Å². The number of amides is 2. The van der Waals surface area contributed by atoms with Gasteiger partial charge in [-0.2, -0.15) is 0 Å². The van der Waals surface area contributed by atoms with Crippen molar-refractivity contribution in [2.24, 2.45) is 10.9 Å². The van der Waals surface area contributed by atoms with Gasteiger partial charge in [-0.05, 0) is 24.1 Å². The van der Waals surface area contributed by atoms with Gasteiger partial charge in [0.15, 0.2) is 0 Å². The van der Waals surface area contributed by atoms with Gasteiger partial charge in [0, 0.05) is 18.8 Å². The summed E-state index contributed by atoms with van der Waals surface area (Å²) < 4.78 is 21.3. The lowest BCUT2D eigenvalue weighted by Gasteiger charge is -2.07. The van der Waals surface area contributed by atoms with Crippen molar-refractivity contribution < 1.29 is 13.2 Å². The Balaban J connectivity index is 2.30. The number of anilines is 1. The molecule has 0 unspecified atom stereocenters. The van der Waals surface area contributed by atoms with E-state index in [9.17, 15) is 13.2 Å². The fraction of sp³-hybridized carbons (Fsp3) is 0.364. The van der Waals surface area contributed by atoms with Crippen LogP contribution in [0.15, 0.2) is 24.3 Å². The van der Waals surface area contributed by atoms with E-state index in [1.54, 1.807) is 12.1 Å². The molecule has 2 amide bonds. The molecular formula is C11H18N4O3S. The molecule has 0 spiro atoms. The van der Waals surface area contributed by atoms with Crippen molar-refractivity contribution in [2.75, 3.05) is 17.6 Å². The first-order chi connectivity index (χ1) is 8.90. The van der Waals surface area contributed by atoms with Crippen molar-refractivity contribution in [2.45, 2.75) is 13.0 Å².